The zero-order chi connectivity index (χ0) is 15.0. The number of fused-ring (bicyclic) bond motifs is 1. The van der Waals surface area contributed by atoms with Gasteiger partial charge in [0.25, 0.3) is 0 Å². The molecule has 0 fully saturated rings. The first-order valence-electron chi connectivity index (χ1n) is 6.52. The molecule has 0 saturated heterocycles. The van der Waals surface area contributed by atoms with Gasteiger partial charge in [0.15, 0.2) is 0 Å². The molecule has 1 aromatic heterocycles. The summed E-state index contributed by atoms with van der Waals surface area (Å²) in [6.07, 6.45) is 2.08. The molecule has 0 spiro atoms. The highest BCUT2D eigenvalue weighted by atomic mass is 16.4. The predicted octanol–water partition coefficient (Wildman–Crippen LogP) is 2.61. The fourth-order valence-corrected chi connectivity index (χ4v) is 2.60. The molecule has 0 bridgehead atoms. The van der Waals surface area contributed by atoms with Crippen molar-refractivity contribution in [2.24, 2.45) is 5.73 Å². The fraction of sp³-hybridized carbons (Fsp3) is 0.312. The van der Waals surface area contributed by atoms with E-state index in [0.717, 1.165) is 16.5 Å². The summed E-state index contributed by atoms with van der Waals surface area (Å²) < 4.78 is 5.41. The molecule has 0 atom stereocenters. The van der Waals surface area contributed by atoms with Crippen molar-refractivity contribution in [3.63, 3.8) is 0 Å². The van der Waals surface area contributed by atoms with Gasteiger partial charge in [-0.05, 0) is 38.3 Å². The van der Waals surface area contributed by atoms with E-state index in [0.29, 0.717) is 28.7 Å². The molecule has 4 heteroatoms. The Morgan fingerprint density at radius 3 is 2.40 bits per heavy atom. The van der Waals surface area contributed by atoms with Crippen LogP contribution in [0.25, 0.3) is 11.0 Å². The second-order valence-corrected chi connectivity index (χ2v) is 4.97. The number of nitrogens with two attached hydrogens (primary N) is 1. The highest BCUT2D eigenvalue weighted by molar-refractivity contribution is 5.90. The van der Waals surface area contributed by atoms with Crippen LogP contribution in [0.4, 0.5) is 0 Å². The molecule has 0 saturated carbocycles. The van der Waals surface area contributed by atoms with Gasteiger partial charge in [-0.25, -0.2) is 4.79 Å². The van der Waals surface area contributed by atoms with Crippen LogP contribution in [0.5, 0.6) is 5.75 Å². The summed E-state index contributed by atoms with van der Waals surface area (Å²) in [4.78, 5) is 11.9. The summed E-state index contributed by atoms with van der Waals surface area (Å²) in [5.74, 6) is 0.101. The molecule has 106 valence electrons. The van der Waals surface area contributed by atoms with Crippen LogP contribution < -0.4 is 11.4 Å². The van der Waals surface area contributed by atoms with Crippen LogP contribution in [-0.4, -0.2) is 5.11 Å². The third-order valence-electron chi connectivity index (χ3n) is 3.89. The van der Waals surface area contributed by atoms with Gasteiger partial charge in [0.1, 0.15) is 11.3 Å². The lowest BCUT2D eigenvalue weighted by molar-refractivity contribution is 0.459. The van der Waals surface area contributed by atoms with E-state index < -0.39 is 0 Å². The maximum absolute atomic E-state index is 11.9. The van der Waals surface area contributed by atoms with Gasteiger partial charge in [0.2, 0.25) is 0 Å². The van der Waals surface area contributed by atoms with Crippen molar-refractivity contribution >= 4 is 11.0 Å². The average Bonchev–Trinajstić information content (AvgIpc) is 2.41. The minimum Gasteiger partial charge on any atom is -0.507 e. The lowest BCUT2D eigenvalue weighted by Crippen LogP contribution is -2.10. The van der Waals surface area contributed by atoms with Crippen LogP contribution in [0.3, 0.4) is 0 Å². The van der Waals surface area contributed by atoms with Crippen molar-refractivity contribution in [2.45, 2.75) is 33.7 Å². The van der Waals surface area contributed by atoms with Gasteiger partial charge in [-0.15, -0.1) is 6.58 Å². The minimum absolute atomic E-state index is 0.101. The highest BCUT2D eigenvalue weighted by Crippen LogP contribution is 2.36. The summed E-state index contributed by atoms with van der Waals surface area (Å²) in [6, 6.07) is 0. The number of hydrogen-bond acceptors (Lipinski definition) is 4. The fourth-order valence-electron chi connectivity index (χ4n) is 2.60. The molecule has 2 aromatic rings. The molecule has 20 heavy (non-hydrogen) atoms. The van der Waals surface area contributed by atoms with Gasteiger partial charge >= 0.3 is 5.63 Å². The number of rotatable bonds is 3. The van der Waals surface area contributed by atoms with E-state index in [4.69, 9.17) is 10.2 Å². The largest absolute Gasteiger partial charge is 0.507 e. The monoisotopic (exact) mass is 273 g/mol. The topological polar surface area (TPSA) is 76.5 Å². The van der Waals surface area contributed by atoms with Gasteiger partial charge in [-0.2, -0.15) is 0 Å². The lowest BCUT2D eigenvalue weighted by atomic mass is 9.93. The molecule has 0 aliphatic rings. The van der Waals surface area contributed by atoms with E-state index in [-0.39, 0.29) is 17.9 Å². The van der Waals surface area contributed by atoms with E-state index in [1.165, 1.54) is 0 Å². The number of allylic oxidation sites excluding steroid dienone is 1. The maximum atomic E-state index is 11.9. The molecule has 0 aliphatic heterocycles. The zero-order valence-corrected chi connectivity index (χ0v) is 12.0. The summed E-state index contributed by atoms with van der Waals surface area (Å²) in [7, 11) is 0. The van der Waals surface area contributed by atoms with Crippen molar-refractivity contribution in [2.75, 3.05) is 0 Å². The normalized spacial score (nSPS) is 11.0. The molecular weight excluding hydrogens is 254 g/mol. The number of benzene rings is 1. The number of aromatic hydroxyl groups is 1. The Balaban J connectivity index is 3.10. The van der Waals surface area contributed by atoms with Crippen molar-refractivity contribution < 1.29 is 9.52 Å². The number of aryl methyl sites for hydroxylation is 2. The average molecular weight is 273 g/mol. The molecule has 0 unspecified atom stereocenters. The Hall–Kier alpha value is -2.07. The summed E-state index contributed by atoms with van der Waals surface area (Å²) >= 11 is 0. The predicted molar refractivity (Wildman–Crippen MR) is 80.2 cm³/mol. The SMILES string of the molecule is C=CCc1c(O)c(CN)c(C)c2c(C)c(C)c(=O)oc12. The molecule has 0 amide bonds. The van der Waals surface area contributed by atoms with Crippen molar-refractivity contribution in [3.8, 4) is 5.75 Å². The quantitative estimate of drug-likeness (QED) is 0.665. The maximum Gasteiger partial charge on any atom is 0.339 e. The van der Waals surface area contributed by atoms with Gasteiger partial charge in [-0.3, -0.25) is 0 Å². The third-order valence-corrected chi connectivity index (χ3v) is 3.89. The van der Waals surface area contributed by atoms with E-state index in [2.05, 4.69) is 6.58 Å². The Bertz CT molecular complexity index is 757. The van der Waals surface area contributed by atoms with Crippen molar-refractivity contribution in [3.05, 3.63) is 50.9 Å². The van der Waals surface area contributed by atoms with E-state index >= 15 is 0 Å². The first-order valence-corrected chi connectivity index (χ1v) is 6.52. The lowest BCUT2D eigenvalue weighted by Gasteiger charge is -2.16. The Labute approximate surface area is 117 Å². The summed E-state index contributed by atoms with van der Waals surface area (Å²) in [6.45, 7) is 9.42. The van der Waals surface area contributed by atoms with Gasteiger partial charge in [0, 0.05) is 28.6 Å². The molecule has 4 nitrogen and oxygen atoms in total. The van der Waals surface area contributed by atoms with Crippen LogP contribution in [0.2, 0.25) is 0 Å². The van der Waals surface area contributed by atoms with E-state index in [9.17, 15) is 9.90 Å². The zero-order valence-electron chi connectivity index (χ0n) is 12.0. The summed E-state index contributed by atoms with van der Waals surface area (Å²) in [5, 5.41) is 11.2. The minimum atomic E-state index is -0.375. The van der Waals surface area contributed by atoms with E-state index in [1.54, 1.807) is 13.0 Å². The first-order chi connectivity index (χ1) is 9.43. The van der Waals surface area contributed by atoms with Crippen LogP contribution in [-0.2, 0) is 13.0 Å². The van der Waals surface area contributed by atoms with Crippen molar-refractivity contribution in [1.29, 1.82) is 0 Å². The number of phenols is 1. The van der Waals surface area contributed by atoms with Crippen LogP contribution >= 0.6 is 0 Å². The van der Waals surface area contributed by atoms with E-state index in [1.807, 2.05) is 13.8 Å². The molecule has 1 heterocycles. The van der Waals surface area contributed by atoms with Crippen LogP contribution in [0.15, 0.2) is 21.9 Å². The molecule has 1 aromatic carbocycles. The summed E-state index contributed by atoms with van der Waals surface area (Å²) in [5.41, 5.74) is 9.37. The number of hydrogen-bond donors (Lipinski definition) is 2. The Morgan fingerprint density at radius 1 is 1.20 bits per heavy atom. The molecular formula is C16H19NO3. The molecule has 0 radical (unpaired) electrons. The third kappa shape index (κ3) is 1.93. The standard InChI is InChI=1S/C16H19NO3/c1-5-6-11-14(18)12(7-17)10(4)13-8(2)9(3)16(19)20-15(11)13/h5,18H,1,6-7,17H2,2-4H3. The Kier molecular flexibility index (Phi) is 3.68. The Morgan fingerprint density at radius 2 is 1.85 bits per heavy atom. The highest BCUT2D eigenvalue weighted by Gasteiger charge is 2.20. The second kappa shape index (κ2) is 5.13. The second-order valence-electron chi connectivity index (χ2n) is 4.97. The molecule has 0 aliphatic carbocycles. The number of phenolic OH excluding ortho intramolecular Hbond substituents is 1. The van der Waals surface area contributed by atoms with Gasteiger partial charge in [-0.1, -0.05) is 6.08 Å². The van der Waals surface area contributed by atoms with Crippen LogP contribution in [0, 0.1) is 20.8 Å². The smallest absolute Gasteiger partial charge is 0.339 e. The van der Waals surface area contributed by atoms with Gasteiger partial charge < -0.3 is 15.3 Å². The first kappa shape index (κ1) is 14.3. The van der Waals surface area contributed by atoms with Gasteiger partial charge in [0.05, 0.1) is 0 Å². The van der Waals surface area contributed by atoms with Crippen molar-refractivity contribution in [1.82, 2.24) is 0 Å². The molecule has 2 rings (SSSR count). The van der Waals surface area contributed by atoms with Crippen LogP contribution in [0.1, 0.15) is 27.8 Å². The molecule has 3 N–H and O–H groups in total.